The second-order valence-electron chi connectivity index (χ2n) is 8.61. The molecule has 0 radical (unpaired) electrons. The van der Waals surface area contributed by atoms with Crippen molar-refractivity contribution in [2.75, 3.05) is 12.4 Å². The number of H-pyrrole nitrogens is 1. The number of halogens is 1. The summed E-state index contributed by atoms with van der Waals surface area (Å²) < 4.78 is 15.7. The Labute approximate surface area is 202 Å². The number of hydrogen-bond donors (Lipinski definition) is 2. The second-order valence-corrected chi connectivity index (χ2v) is 8.61. The summed E-state index contributed by atoms with van der Waals surface area (Å²) in [6.07, 6.45) is 3.26. The molecule has 0 bridgehead atoms. The number of anilines is 1. The Kier molecular flexibility index (Phi) is 6.10. The van der Waals surface area contributed by atoms with Crippen molar-refractivity contribution in [1.82, 2.24) is 20.1 Å². The lowest BCUT2D eigenvalue weighted by atomic mass is 9.80. The Morgan fingerprint density at radius 1 is 1.23 bits per heavy atom. The largest absolute Gasteiger partial charge is 0.350 e. The zero-order chi connectivity index (χ0) is 25.4. The Morgan fingerprint density at radius 3 is 2.46 bits per heavy atom. The van der Waals surface area contributed by atoms with Crippen LogP contribution in [0, 0.1) is 35.4 Å². The van der Waals surface area contributed by atoms with Crippen molar-refractivity contribution in [3.63, 3.8) is 0 Å². The van der Waals surface area contributed by atoms with Gasteiger partial charge in [0.15, 0.2) is 5.82 Å². The van der Waals surface area contributed by atoms with E-state index in [0.29, 0.717) is 33.4 Å². The summed E-state index contributed by atoms with van der Waals surface area (Å²) in [5, 5.41) is 30.2. The third kappa shape index (κ3) is 3.81. The average Bonchev–Trinajstić information content (AvgIpc) is 3.27. The molecule has 8 nitrogen and oxygen atoms in total. The Balaban J connectivity index is 1.84. The van der Waals surface area contributed by atoms with Gasteiger partial charge >= 0.3 is 0 Å². The number of carbonyl (C=O) groups excluding carboxylic acids is 1. The lowest BCUT2D eigenvalue weighted by molar-refractivity contribution is -0.117. The number of allylic oxidation sites excluding steroid dienone is 4. The molecule has 0 saturated heterocycles. The summed E-state index contributed by atoms with van der Waals surface area (Å²) in [6, 6.07) is 9.48. The van der Waals surface area contributed by atoms with E-state index in [9.17, 15) is 15.3 Å². The van der Waals surface area contributed by atoms with Crippen molar-refractivity contribution < 1.29 is 9.18 Å². The van der Waals surface area contributed by atoms with Crippen molar-refractivity contribution in [2.45, 2.75) is 39.5 Å². The number of carbonyl (C=O) groups is 1. The Bertz CT molecular complexity index is 1450. The van der Waals surface area contributed by atoms with E-state index in [1.165, 1.54) is 0 Å². The van der Waals surface area contributed by atoms with Crippen LogP contribution in [0.25, 0.3) is 10.9 Å². The third-order valence-electron chi connectivity index (χ3n) is 6.80. The fraction of sp³-hybridized carbons (Fsp3) is 0.269. The van der Waals surface area contributed by atoms with Crippen LogP contribution in [0.5, 0.6) is 0 Å². The third-order valence-corrected chi connectivity index (χ3v) is 6.80. The number of benzene rings is 1. The van der Waals surface area contributed by atoms with Crippen LogP contribution in [0.3, 0.4) is 0 Å². The maximum Gasteiger partial charge on any atom is 0.232 e. The van der Waals surface area contributed by atoms with Crippen LogP contribution < -0.4 is 5.32 Å². The number of rotatable bonds is 4. The van der Waals surface area contributed by atoms with Crippen LogP contribution >= 0.6 is 0 Å². The second kappa shape index (κ2) is 9.03. The van der Waals surface area contributed by atoms with E-state index >= 15 is 4.39 Å². The number of amides is 1. The fourth-order valence-corrected chi connectivity index (χ4v) is 4.41. The summed E-state index contributed by atoms with van der Waals surface area (Å²) in [6.45, 7) is 6.91. The molecule has 1 atom stereocenters. The normalized spacial score (nSPS) is 15.3. The minimum absolute atomic E-state index is 0.187. The molecule has 1 aliphatic rings. The number of aryl methyl sites for hydroxylation is 1. The molecule has 2 aromatic heterocycles. The van der Waals surface area contributed by atoms with Crippen LogP contribution in [0.2, 0.25) is 0 Å². The highest BCUT2D eigenvalue weighted by molar-refractivity contribution is 6.03. The molecule has 1 amide bonds. The van der Waals surface area contributed by atoms with Crippen LogP contribution in [-0.2, 0) is 4.79 Å². The average molecular weight is 470 g/mol. The summed E-state index contributed by atoms with van der Waals surface area (Å²) >= 11 is 0. The van der Waals surface area contributed by atoms with Crippen molar-refractivity contribution in [3.05, 3.63) is 75.6 Å². The number of hydrogen-bond acceptors (Lipinski definition) is 6. The van der Waals surface area contributed by atoms with Gasteiger partial charge in [-0.15, -0.1) is 0 Å². The zero-order valence-corrected chi connectivity index (χ0v) is 20.1. The van der Waals surface area contributed by atoms with E-state index in [1.54, 1.807) is 64.2 Å². The minimum Gasteiger partial charge on any atom is -0.350 e. The van der Waals surface area contributed by atoms with Gasteiger partial charge in [-0.05, 0) is 45.4 Å². The molecule has 1 aromatic carbocycles. The van der Waals surface area contributed by atoms with E-state index < -0.39 is 17.7 Å². The Morgan fingerprint density at radius 2 is 1.89 bits per heavy atom. The van der Waals surface area contributed by atoms with E-state index in [4.69, 9.17) is 0 Å². The first-order valence-electron chi connectivity index (χ1n) is 11.0. The summed E-state index contributed by atoms with van der Waals surface area (Å²) in [4.78, 5) is 18.8. The molecule has 3 aromatic rings. The molecule has 1 aliphatic heterocycles. The molecule has 0 saturated carbocycles. The van der Waals surface area contributed by atoms with Gasteiger partial charge in [-0.2, -0.15) is 15.6 Å². The smallest absolute Gasteiger partial charge is 0.232 e. The molecule has 0 fully saturated rings. The van der Waals surface area contributed by atoms with Gasteiger partial charge in [-0.1, -0.05) is 6.07 Å². The number of nitriles is 2. The minimum atomic E-state index is -0.864. The molecule has 9 heteroatoms. The van der Waals surface area contributed by atoms with Crippen molar-refractivity contribution in [1.29, 1.82) is 10.5 Å². The van der Waals surface area contributed by atoms with Crippen molar-refractivity contribution in [2.24, 2.45) is 0 Å². The number of aromatic nitrogens is 3. The molecule has 4 rings (SSSR count). The standard InChI is InChI=1S/C26H24FN7O/c1-13(17-7-6-8-30-12-17)26(35)31-25-19-9-18(23(27)14(2)24(19)32-33-25)22-20(10-28)15(3)34(5)16(4)21(22)11-29/h6-9,12-13,22H,1-5H3,(H2,31,32,33,35)/t13-/m1/s1. The number of pyridine rings is 1. The fourth-order valence-electron chi connectivity index (χ4n) is 4.41. The molecule has 2 N–H and O–H groups in total. The highest BCUT2D eigenvalue weighted by Gasteiger charge is 2.35. The van der Waals surface area contributed by atoms with Crippen LogP contribution in [0.1, 0.15) is 49.3 Å². The first-order valence-corrected chi connectivity index (χ1v) is 11.0. The monoisotopic (exact) mass is 469 g/mol. The first kappa shape index (κ1) is 23.7. The summed E-state index contributed by atoms with van der Waals surface area (Å²) in [5.74, 6) is -1.93. The highest BCUT2D eigenvalue weighted by atomic mass is 19.1. The van der Waals surface area contributed by atoms with E-state index in [-0.39, 0.29) is 22.9 Å². The Hall–Kier alpha value is -4.50. The van der Waals surface area contributed by atoms with E-state index in [1.807, 2.05) is 6.07 Å². The van der Waals surface area contributed by atoms with Gasteiger partial charge in [0.2, 0.25) is 5.91 Å². The molecule has 0 aliphatic carbocycles. The first-order chi connectivity index (χ1) is 16.7. The maximum absolute atomic E-state index is 15.7. The number of fused-ring (bicyclic) bond motifs is 1. The molecule has 0 spiro atoms. The van der Waals surface area contributed by atoms with Crippen LogP contribution in [-0.4, -0.2) is 33.0 Å². The zero-order valence-electron chi connectivity index (χ0n) is 20.1. The predicted octanol–water partition coefficient (Wildman–Crippen LogP) is 4.77. The highest BCUT2D eigenvalue weighted by Crippen LogP contribution is 2.43. The van der Waals surface area contributed by atoms with Crippen molar-refractivity contribution in [3.8, 4) is 12.1 Å². The van der Waals surface area contributed by atoms with Gasteiger partial charge in [-0.3, -0.25) is 14.9 Å². The lowest BCUT2D eigenvalue weighted by Gasteiger charge is -2.33. The molecular weight excluding hydrogens is 445 g/mol. The number of nitrogens with one attached hydrogen (secondary N) is 2. The van der Waals surface area contributed by atoms with Gasteiger partial charge in [-0.25, -0.2) is 4.39 Å². The SMILES string of the molecule is CC1=C(C#N)C(c2cc3c(NC(=O)[C@H](C)c4cccnc4)n[nH]c3c(C)c2F)C(C#N)=C(C)N1C. The molecule has 3 heterocycles. The van der Waals surface area contributed by atoms with Crippen molar-refractivity contribution >= 4 is 22.6 Å². The molecule has 176 valence electrons. The van der Waals surface area contributed by atoms with Gasteiger partial charge in [0.25, 0.3) is 0 Å². The summed E-state index contributed by atoms with van der Waals surface area (Å²) in [5.41, 5.74) is 3.55. The van der Waals surface area contributed by atoms with E-state index in [2.05, 4.69) is 32.6 Å². The lowest BCUT2D eigenvalue weighted by Crippen LogP contribution is -2.26. The van der Waals surface area contributed by atoms with Crippen LogP contribution in [0.15, 0.2) is 53.1 Å². The topological polar surface area (TPSA) is 121 Å². The molecule has 35 heavy (non-hydrogen) atoms. The quantitative estimate of drug-likeness (QED) is 0.568. The summed E-state index contributed by atoms with van der Waals surface area (Å²) in [7, 11) is 1.77. The number of aromatic amines is 1. The van der Waals surface area contributed by atoms with Gasteiger partial charge in [0.1, 0.15) is 5.82 Å². The number of nitrogens with zero attached hydrogens (tertiary/aromatic N) is 5. The molecular formula is C26H24FN7O. The van der Waals surface area contributed by atoms with Gasteiger partial charge in [0.05, 0.1) is 40.6 Å². The van der Waals surface area contributed by atoms with Crippen LogP contribution in [0.4, 0.5) is 10.2 Å². The van der Waals surface area contributed by atoms with E-state index in [0.717, 1.165) is 5.56 Å². The predicted molar refractivity (Wildman–Crippen MR) is 129 cm³/mol. The molecule has 0 unspecified atom stereocenters. The maximum atomic E-state index is 15.7. The van der Waals surface area contributed by atoms with Gasteiger partial charge < -0.3 is 10.2 Å². The van der Waals surface area contributed by atoms with Gasteiger partial charge in [0, 0.05) is 47.3 Å².